The zero-order chi connectivity index (χ0) is 6.08. The first-order valence-electron chi connectivity index (χ1n) is 1.24. The van der Waals surface area contributed by atoms with Crippen molar-refractivity contribution < 1.29 is 40.1 Å². The van der Waals surface area contributed by atoms with Crippen molar-refractivity contribution in [3.05, 3.63) is 0 Å². The number of alkyl halides is 3. The second-order valence-corrected chi connectivity index (χ2v) is 0.803. The first kappa shape index (κ1) is 10.7. The third-order valence-electron chi connectivity index (χ3n) is 0.243. The largest absolute Gasteiger partial charge is 0.490 e. The van der Waals surface area contributed by atoms with Crippen molar-refractivity contribution in [2.75, 3.05) is 0 Å². The fraction of sp³-hybridized carbons (Fsp3) is 0.500. The second-order valence-electron chi connectivity index (χ2n) is 0.803. The Kier molecular flexibility index (Phi) is 3.93. The zero-order valence-electron chi connectivity index (χ0n) is 3.29. The maximum atomic E-state index is 10.6. The molecule has 0 unspecified atom stereocenters. The van der Waals surface area contributed by atoms with Crippen molar-refractivity contribution in [3.8, 4) is 0 Å². The number of aliphatic carboxylic acids is 1. The van der Waals surface area contributed by atoms with E-state index in [1.165, 1.54) is 0 Å². The van der Waals surface area contributed by atoms with Crippen LogP contribution in [-0.4, -0.2) is 17.3 Å². The van der Waals surface area contributed by atoms with Crippen molar-refractivity contribution in [2.24, 2.45) is 0 Å². The van der Waals surface area contributed by atoms with Gasteiger partial charge < -0.3 is 5.11 Å². The summed E-state index contributed by atoms with van der Waals surface area (Å²) in [6.45, 7) is 0. The summed E-state index contributed by atoms with van der Waals surface area (Å²) in [6, 6.07) is 0. The summed E-state index contributed by atoms with van der Waals surface area (Å²) in [6.07, 6.45) is -5.08. The predicted molar refractivity (Wildman–Crippen MR) is 13.7 cm³/mol. The molecule has 0 aliphatic heterocycles. The summed E-state index contributed by atoms with van der Waals surface area (Å²) in [7, 11) is 0. The van der Waals surface area contributed by atoms with Gasteiger partial charge >= 0.3 is 12.1 Å². The summed E-state index contributed by atoms with van der Waals surface area (Å²) in [5.74, 6) is -2.76. The molecule has 0 fully saturated rings. The minimum Gasteiger partial charge on any atom is -0.475 e. The molecule has 0 atom stereocenters. The number of carboxylic acids is 1. The first-order chi connectivity index (χ1) is 2.94. The van der Waals surface area contributed by atoms with Gasteiger partial charge in [0.1, 0.15) is 0 Å². The van der Waals surface area contributed by atoms with Crippen LogP contribution in [0, 0.1) is 0 Å². The molecule has 0 aliphatic rings. The van der Waals surface area contributed by atoms with E-state index in [0.717, 1.165) is 0 Å². The molecular formula is C2HCuF3O2. The Balaban J connectivity index is 0. The van der Waals surface area contributed by atoms with Crippen molar-refractivity contribution in [2.45, 2.75) is 6.18 Å². The van der Waals surface area contributed by atoms with Gasteiger partial charge in [-0.25, -0.2) is 4.79 Å². The zero-order valence-corrected chi connectivity index (χ0v) is 4.23. The molecule has 0 saturated heterocycles. The summed E-state index contributed by atoms with van der Waals surface area (Å²) >= 11 is 0. The van der Waals surface area contributed by atoms with E-state index in [2.05, 4.69) is 0 Å². The molecule has 0 spiro atoms. The van der Waals surface area contributed by atoms with Gasteiger partial charge in [-0.1, -0.05) is 0 Å². The Bertz CT molecular complexity index is 87.8. The van der Waals surface area contributed by atoms with Crippen LogP contribution in [0.2, 0.25) is 0 Å². The van der Waals surface area contributed by atoms with Crippen LogP contribution in [0.5, 0.6) is 0 Å². The monoisotopic (exact) mass is 177 g/mol. The Morgan fingerprint density at radius 1 is 1.38 bits per heavy atom. The van der Waals surface area contributed by atoms with Gasteiger partial charge in [0.2, 0.25) is 0 Å². The van der Waals surface area contributed by atoms with E-state index in [9.17, 15) is 13.2 Å². The van der Waals surface area contributed by atoms with Gasteiger partial charge in [0.05, 0.1) is 0 Å². The molecule has 8 heavy (non-hydrogen) atoms. The summed E-state index contributed by atoms with van der Waals surface area (Å²) in [5, 5.41) is 7.12. The van der Waals surface area contributed by atoms with Gasteiger partial charge in [-0.3, -0.25) is 0 Å². The predicted octanol–water partition coefficient (Wildman–Crippen LogP) is 0.631. The molecule has 0 aromatic carbocycles. The number of hydrogen-bond acceptors (Lipinski definition) is 1. The quantitative estimate of drug-likeness (QED) is 0.551. The molecule has 53 valence electrons. The van der Waals surface area contributed by atoms with E-state index in [4.69, 9.17) is 9.90 Å². The van der Waals surface area contributed by atoms with Crippen LogP contribution in [0.1, 0.15) is 0 Å². The molecule has 1 radical (unpaired) electrons. The molecule has 0 amide bonds. The molecule has 0 heterocycles. The van der Waals surface area contributed by atoms with Gasteiger partial charge in [0, 0.05) is 17.1 Å². The standard InChI is InChI=1S/C2HF3O2.Cu/c3-2(4,5)1(6)7;/h(H,6,7);. The minimum absolute atomic E-state index is 0. The number of carboxylic acid groups (broad SMARTS) is 1. The van der Waals surface area contributed by atoms with E-state index in [1.54, 1.807) is 0 Å². The van der Waals surface area contributed by atoms with E-state index >= 15 is 0 Å². The Labute approximate surface area is 53.2 Å². The average Bonchev–Trinajstić information content (AvgIpc) is 1.31. The van der Waals surface area contributed by atoms with Gasteiger partial charge in [-0.05, 0) is 0 Å². The smallest absolute Gasteiger partial charge is 0.475 e. The molecular weight excluding hydrogens is 177 g/mol. The van der Waals surface area contributed by atoms with Gasteiger partial charge in [0.15, 0.2) is 0 Å². The maximum absolute atomic E-state index is 10.6. The van der Waals surface area contributed by atoms with E-state index in [-0.39, 0.29) is 17.1 Å². The molecule has 0 aromatic heterocycles. The summed E-state index contributed by atoms with van der Waals surface area (Å²) in [5.41, 5.74) is 0. The maximum Gasteiger partial charge on any atom is 0.490 e. The molecule has 0 aliphatic carbocycles. The van der Waals surface area contributed by atoms with Crippen LogP contribution in [-0.2, 0) is 21.9 Å². The average molecular weight is 178 g/mol. The van der Waals surface area contributed by atoms with E-state index < -0.39 is 12.1 Å². The Morgan fingerprint density at radius 2 is 1.50 bits per heavy atom. The topological polar surface area (TPSA) is 37.3 Å². The van der Waals surface area contributed by atoms with E-state index in [1.807, 2.05) is 0 Å². The van der Waals surface area contributed by atoms with Crippen molar-refractivity contribution in [1.29, 1.82) is 0 Å². The Hall–Kier alpha value is -0.221. The normalized spacial score (nSPS) is 9.88. The van der Waals surface area contributed by atoms with Crippen LogP contribution >= 0.6 is 0 Å². The summed E-state index contributed by atoms with van der Waals surface area (Å²) < 4.78 is 31.7. The molecule has 0 aromatic rings. The molecule has 6 heteroatoms. The van der Waals surface area contributed by atoms with Crippen LogP contribution in [0.15, 0.2) is 0 Å². The molecule has 1 N–H and O–H groups in total. The third kappa shape index (κ3) is 3.95. The second kappa shape index (κ2) is 2.94. The minimum atomic E-state index is -5.08. The number of halogens is 3. The van der Waals surface area contributed by atoms with Crippen LogP contribution in [0.3, 0.4) is 0 Å². The first-order valence-corrected chi connectivity index (χ1v) is 1.24. The van der Waals surface area contributed by atoms with Crippen molar-refractivity contribution in [1.82, 2.24) is 0 Å². The van der Waals surface area contributed by atoms with Crippen molar-refractivity contribution in [3.63, 3.8) is 0 Å². The fourth-order valence-electron chi connectivity index (χ4n) is 0. The van der Waals surface area contributed by atoms with E-state index in [0.29, 0.717) is 0 Å². The van der Waals surface area contributed by atoms with Crippen LogP contribution in [0.25, 0.3) is 0 Å². The van der Waals surface area contributed by atoms with Gasteiger partial charge in [-0.2, -0.15) is 13.2 Å². The Morgan fingerprint density at radius 3 is 1.50 bits per heavy atom. The molecule has 2 nitrogen and oxygen atoms in total. The number of rotatable bonds is 0. The van der Waals surface area contributed by atoms with Crippen LogP contribution in [0.4, 0.5) is 13.2 Å². The molecule has 0 rings (SSSR count). The SMILES string of the molecule is O=C(O)C(F)(F)F.[Cu]. The summed E-state index contributed by atoms with van der Waals surface area (Å²) in [4.78, 5) is 8.90. The van der Waals surface area contributed by atoms with Crippen LogP contribution < -0.4 is 0 Å². The van der Waals surface area contributed by atoms with Gasteiger partial charge in [-0.15, -0.1) is 0 Å². The fourth-order valence-corrected chi connectivity index (χ4v) is 0. The van der Waals surface area contributed by atoms with Crippen molar-refractivity contribution >= 4 is 5.97 Å². The third-order valence-corrected chi connectivity index (χ3v) is 0.243. The molecule has 0 bridgehead atoms. The number of carbonyl (C=O) groups is 1. The molecule has 0 saturated carbocycles. The van der Waals surface area contributed by atoms with Gasteiger partial charge in [0.25, 0.3) is 0 Å². The number of hydrogen-bond donors (Lipinski definition) is 1.